The van der Waals surface area contributed by atoms with Crippen LogP contribution in [0.4, 0.5) is 10.5 Å². The number of amides is 2. The molecule has 0 heterocycles. The molecule has 2 amide bonds. The highest BCUT2D eigenvalue weighted by Gasteiger charge is 2.22. The summed E-state index contributed by atoms with van der Waals surface area (Å²) < 4.78 is 0. The molecule has 0 saturated carbocycles. The van der Waals surface area contributed by atoms with Gasteiger partial charge in [-0.25, -0.2) is 4.79 Å². The lowest BCUT2D eigenvalue weighted by Crippen LogP contribution is -2.39. The summed E-state index contributed by atoms with van der Waals surface area (Å²) in [5.74, 6) is -0.131. The van der Waals surface area contributed by atoms with Crippen LogP contribution in [0.1, 0.15) is 11.7 Å². The van der Waals surface area contributed by atoms with Crippen molar-refractivity contribution >= 4 is 23.3 Å². The maximum atomic E-state index is 12.1. The fourth-order valence-corrected chi connectivity index (χ4v) is 2.73. The molecule has 6 heteroatoms. The molecule has 0 spiro atoms. The van der Waals surface area contributed by atoms with Crippen LogP contribution in [0.15, 0.2) is 54.6 Å². The standard InChI is InChI=1S/C19H24ClN3O2/c1-23(2)13-15(18(24)14-6-4-3-5-7-14)12-21-19(25)22-17-10-8-16(20)9-11-17/h3-11,15,18,24H,12-13H2,1-2H3,(H2,21,22,25)/t15-,18-/m0/s1. The van der Waals surface area contributed by atoms with Gasteiger partial charge in [-0.2, -0.15) is 0 Å². The second kappa shape index (κ2) is 9.42. The normalized spacial score (nSPS) is 13.3. The average molecular weight is 362 g/mol. The molecule has 5 nitrogen and oxygen atoms in total. The van der Waals surface area contributed by atoms with Gasteiger partial charge in [0.25, 0.3) is 0 Å². The fraction of sp³-hybridized carbons (Fsp3) is 0.316. The van der Waals surface area contributed by atoms with Crippen molar-refractivity contribution in [3.8, 4) is 0 Å². The summed E-state index contributed by atoms with van der Waals surface area (Å²) in [6, 6.07) is 16.1. The number of hydrogen-bond acceptors (Lipinski definition) is 3. The van der Waals surface area contributed by atoms with Gasteiger partial charge in [-0.15, -0.1) is 0 Å². The summed E-state index contributed by atoms with van der Waals surface area (Å²) in [4.78, 5) is 14.1. The molecule has 2 aromatic rings. The molecule has 2 aromatic carbocycles. The highest BCUT2D eigenvalue weighted by atomic mass is 35.5. The zero-order valence-electron chi connectivity index (χ0n) is 14.4. The molecule has 25 heavy (non-hydrogen) atoms. The van der Waals surface area contributed by atoms with Crippen molar-refractivity contribution < 1.29 is 9.90 Å². The topological polar surface area (TPSA) is 64.6 Å². The van der Waals surface area contributed by atoms with Gasteiger partial charge in [0.2, 0.25) is 0 Å². The van der Waals surface area contributed by atoms with Gasteiger partial charge in [0.15, 0.2) is 0 Å². The van der Waals surface area contributed by atoms with Crippen LogP contribution in [0.2, 0.25) is 5.02 Å². The predicted octanol–water partition coefficient (Wildman–Crippen LogP) is 3.37. The second-order valence-corrected chi connectivity index (χ2v) is 6.66. The van der Waals surface area contributed by atoms with E-state index in [0.717, 1.165) is 5.56 Å². The smallest absolute Gasteiger partial charge is 0.319 e. The van der Waals surface area contributed by atoms with Crippen molar-refractivity contribution in [3.63, 3.8) is 0 Å². The Morgan fingerprint density at radius 2 is 1.76 bits per heavy atom. The van der Waals surface area contributed by atoms with E-state index in [4.69, 9.17) is 11.6 Å². The lowest BCUT2D eigenvalue weighted by Gasteiger charge is -2.26. The molecule has 3 N–H and O–H groups in total. The number of hydrogen-bond donors (Lipinski definition) is 3. The van der Waals surface area contributed by atoms with E-state index in [1.54, 1.807) is 24.3 Å². The quantitative estimate of drug-likeness (QED) is 0.708. The van der Waals surface area contributed by atoms with Crippen molar-refractivity contribution in [2.75, 3.05) is 32.5 Å². The minimum atomic E-state index is -0.653. The van der Waals surface area contributed by atoms with Crippen LogP contribution in [-0.2, 0) is 0 Å². The van der Waals surface area contributed by atoms with E-state index in [1.807, 2.05) is 49.3 Å². The number of nitrogens with one attached hydrogen (secondary N) is 2. The first kappa shape index (κ1) is 19.2. The van der Waals surface area contributed by atoms with Gasteiger partial charge in [0, 0.05) is 29.7 Å². The number of benzene rings is 2. The average Bonchev–Trinajstić information content (AvgIpc) is 2.60. The number of anilines is 1. The maximum absolute atomic E-state index is 12.1. The Morgan fingerprint density at radius 3 is 2.36 bits per heavy atom. The molecule has 0 unspecified atom stereocenters. The summed E-state index contributed by atoms with van der Waals surface area (Å²) in [6.45, 7) is 1.00. The van der Waals surface area contributed by atoms with Gasteiger partial charge in [0.05, 0.1) is 6.10 Å². The molecule has 2 atom stereocenters. The van der Waals surface area contributed by atoms with Crippen molar-refractivity contribution in [1.82, 2.24) is 10.2 Å². The van der Waals surface area contributed by atoms with E-state index >= 15 is 0 Å². The highest BCUT2D eigenvalue weighted by molar-refractivity contribution is 6.30. The molecule has 0 bridgehead atoms. The molecule has 0 aliphatic rings. The Balaban J connectivity index is 1.94. The maximum Gasteiger partial charge on any atom is 0.319 e. The Kier molecular flexibility index (Phi) is 7.25. The molecule has 0 aliphatic heterocycles. The van der Waals surface area contributed by atoms with E-state index in [1.165, 1.54) is 0 Å². The first-order valence-corrected chi connectivity index (χ1v) is 8.51. The summed E-state index contributed by atoms with van der Waals surface area (Å²) in [5.41, 5.74) is 1.50. The van der Waals surface area contributed by atoms with Gasteiger partial charge >= 0.3 is 6.03 Å². The van der Waals surface area contributed by atoms with Crippen molar-refractivity contribution in [2.24, 2.45) is 5.92 Å². The van der Waals surface area contributed by atoms with Crippen molar-refractivity contribution in [1.29, 1.82) is 0 Å². The van der Waals surface area contributed by atoms with E-state index in [0.29, 0.717) is 23.8 Å². The number of rotatable bonds is 7. The van der Waals surface area contributed by atoms with Crippen LogP contribution in [0.3, 0.4) is 0 Å². The van der Waals surface area contributed by atoms with Crippen LogP contribution >= 0.6 is 11.6 Å². The van der Waals surface area contributed by atoms with Gasteiger partial charge < -0.3 is 20.6 Å². The molecule has 0 aromatic heterocycles. The number of nitrogens with zero attached hydrogens (tertiary/aromatic N) is 1. The first-order chi connectivity index (χ1) is 12.0. The molecular weight excluding hydrogens is 338 g/mol. The van der Waals surface area contributed by atoms with E-state index in [9.17, 15) is 9.90 Å². The van der Waals surface area contributed by atoms with E-state index < -0.39 is 6.10 Å². The minimum absolute atomic E-state index is 0.131. The van der Waals surface area contributed by atoms with Gasteiger partial charge in [0.1, 0.15) is 0 Å². The second-order valence-electron chi connectivity index (χ2n) is 6.22. The third-order valence-corrected chi connectivity index (χ3v) is 4.07. The van der Waals surface area contributed by atoms with Crippen molar-refractivity contribution in [3.05, 3.63) is 65.2 Å². The molecule has 2 rings (SSSR count). The van der Waals surface area contributed by atoms with E-state index in [-0.39, 0.29) is 11.9 Å². The Hall–Kier alpha value is -2.08. The van der Waals surface area contributed by atoms with Crippen molar-refractivity contribution in [2.45, 2.75) is 6.10 Å². The fourth-order valence-electron chi connectivity index (χ4n) is 2.60. The van der Waals surface area contributed by atoms with E-state index in [2.05, 4.69) is 10.6 Å². The zero-order chi connectivity index (χ0) is 18.2. The van der Waals surface area contributed by atoms with Gasteiger partial charge in [-0.1, -0.05) is 41.9 Å². The number of aliphatic hydroxyl groups excluding tert-OH is 1. The third kappa shape index (κ3) is 6.38. The predicted molar refractivity (Wildman–Crippen MR) is 102 cm³/mol. The number of carbonyl (C=O) groups excluding carboxylic acids is 1. The van der Waals surface area contributed by atoms with Crippen LogP contribution in [0.25, 0.3) is 0 Å². The monoisotopic (exact) mass is 361 g/mol. The molecule has 0 fully saturated rings. The summed E-state index contributed by atoms with van der Waals surface area (Å²) >= 11 is 5.83. The van der Waals surface area contributed by atoms with Crippen LogP contribution in [0, 0.1) is 5.92 Å². The molecule has 0 aliphatic carbocycles. The third-order valence-electron chi connectivity index (χ3n) is 3.81. The Bertz CT molecular complexity index is 662. The largest absolute Gasteiger partial charge is 0.388 e. The Labute approximate surface area is 153 Å². The number of aliphatic hydroxyl groups is 1. The summed E-state index contributed by atoms with van der Waals surface area (Å²) in [6.07, 6.45) is -0.653. The highest BCUT2D eigenvalue weighted by Crippen LogP contribution is 2.22. The number of halogens is 1. The Morgan fingerprint density at radius 1 is 1.12 bits per heavy atom. The molecular formula is C19H24ClN3O2. The van der Waals surface area contributed by atoms with Gasteiger partial charge in [-0.3, -0.25) is 0 Å². The SMILES string of the molecule is CN(C)C[C@H](CNC(=O)Nc1ccc(Cl)cc1)[C@@H](O)c1ccccc1. The molecule has 0 radical (unpaired) electrons. The van der Waals surface area contributed by atoms with Gasteiger partial charge in [-0.05, 0) is 43.9 Å². The summed E-state index contributed by atoms with van der Waals surface area (Å²) in [7, 11) is 3.89. The number of urea groups is 1. The summed E-state index contributed by atoms with van der Waals surface area (Å²) in [5, 5.41) is 16.8. The minimum Gasteiger partial charge on any atom is -0.388 e. The zero-order valence-corrected chi connectivity index (χ0v) is 15.2. The van der Waals surface area contributed by atoms with Crippen LogP contribution in [-0.4, -0.2) is 43.2 Å². The number of carbonyl (C=O) groups is 1. The van der Waals surface area contributed by atoms with Crippen LogP contribution < -0.4 is 10.6 Å². The van der Waals surface area contributed by atoms with Crippen LogP contribution in [0.5, 0.6) is 0 Å². The molecule has 134 valence electrons. The molecule has 0 saturated heterocycles. The lowest BCUT2D eigenvalue weighted by atomic mass is 9.95. The lowest BCUT2D eigenvalue weighted by molar-refractivity contribution is 0.0911. The first-order valence-electron chi connectivity index (χ1n) is 8.14.